The molecule has 0 aliphatic heterocycles. The van der Waals surface area contributed by atoms with Crippen molar-refractivity contribution in [3.63, 3.8) is 0 Å². The average Bonchev–Trinajstić information content (AvgIpc) is 2.18. The van der Waals surface area contributed by atoms with Crippen molar-refractivity contribution in [1.29, 1.82) is 0 Å². The maximum absolute atomic E-state index is 6.03. The lowest BCUT2D eigenvalue weighted by Gasteiger charge is -2.23. The molecule has 0 bridgehead atoms. The van der Waals surface area contributed by atoms with Crippen LogP contribution in [0.15, 0.2) is 30.9 Å². The smallest absolute Gasteiger partial charge is 0.124 e. The van der Waals surface area contributed by atoms with Gasteiger partial charge in [-0.2, -0.15) is 0 Å². The van der Waals surface area contributed by atoms with Crippen LogP contribution in [0.3, 0.4) is 0 Å². The predicted octanol–water partition coefficient (Wildman–Crippen LogP) is 2.71. The van der Waals surface area contributed by atoms with Gasteiger partial charge in [0.25, 0.3) is 0 Å². The van der Waals surface area contributed by atoms with Crippen molar-refractivity contribution in [1.82, 2.24) is 0 Å². The quantitative estimate of drug-likeness (QED) is 0.781. The fourth-order valence-electron chi connectivity index (χ4n) is 1.21. The molecule has 0 aromatic heterocycles. The molecule has 0 unspecified atom stereocenters. The molecule has 0 heterocycles. The summed E-state index contributed by atoms with van der Waals surface area (Å²) < 4.78 is 5.20. The third-order valence-electron chi connectivity index (χ3n) is 2.17. The van der Waals surface area contributed by atoms with Gasteiger partial charge >= 0.3 is 0 Å². The number of halogens is 1. The number of hydrogen-bond donors (Lipinski definition) is 1. The largest absolute Gasteiger partial charge is 0.496 e. The first kappa shape index (κ1) is 11.1. The van der Waals surface area contributed by atoms with E-state index in [1.54, 1.807) is 31.4 Å². The van der Waals surface area contributed by atoms with Crippen molar-refractivity contribution in [2.24, 2.45) is 5.73 Å². The molecule has 0 spiro atoms. The highest BCUT2D eigenvalue weighted by Crippen LogP contribution is 2.31. The lowest BCUT2D eigenvalue weighted by atomic mass is 9.92. The van der Waals surface area contributed by atoms with Crippen LogP contribution in [0.5, 0.6) is 5.75 Å². The lowest BCUT2D eigenvalue weighted by molar-refractivity contribution is 0.400. The molecule has 1 rings (SSSR count). The third-order valence-corrected chi connectivity index (χ3v) is 2.40. The topological polar surface area (TPSA) is 35.2 Å². The normalized spacial score (nSPS) is 14.6. The molecule has 1 aromatic rings. The van der Waals surface area contributed by atoms with Crippen molar-refractivity contribution in [2.45, 2.75) is 12.5 Å². The Morgan fingerprint density at radius 3 is 2.71 bits per heavy atom. The van der Waals surface area contributed by atoms with Crippen LogP contribution in [-0.4, -0.2) is 7.11 Å². The summed E-state index contributed by atoms with van der Waals surface area (Å²) in [7, 11) is 1.60. The summed E-state index contributed by atoms with van der Waals surface area (Å²) in [5.74, 6) is 0.722. The van der Waals surface area contributed by atoms with Crippen LogP contribution in [0, 0.1) is 0 Å². The Balaban J connectivity index is 3.30. The SMILES string of the molecule is C=C[C@@](C)(N)c1cc(Cl)ccc1OC. The summed E-state index contributed by atoms with van der Waals surface area (Å²) in [6, 6.07) is 5.36. The van der Waals surface area contributed by atoms with Crippen molar-refractivity contribution in [2.75, 3.05) is 7.11 Å². The Labute approximate surface area is 89.3 Å². The number of rotatable bonds is 3. The molecule has 0 aliphatic rings. The molecule has 2 N–H and O–H groups in total. The van der Waals surface area contributed by atoms with Gasteiger partial charge in [0.1, 0.15) is 5.75 Å². The predicted molar refractivity (Wildman–Crippen MR) is 59.7 cm³/mol. The zero-order chi connectivity index (χ0) is 10.8. The molecule has 2 nitrogen and oxygen atoms in total. The van der Waals surface area contributed by atoms with Gasteiger partial charge in [-0.3, -0.25) is 0 Å². The average molecular weight is 212 g/mol. The maximum atomic E-state index is 6.03. The molecule has 0 saturated carbocycles. The molecule has 1 atom stereocenters. The van der Waals surface area contributed by atoms with E-state index in [4.69, 9.17) is 22.1 Å². The zero-order valence-electron chi connectivity index (χ0n) is 8.38. The first-order valence-electron chi connectivity index (χ1n) is 4.27. The molecule has 14 heavy (non-hydrogen) atoms. The Kier molecular flexibility index (Phi) is 3.19. The van der Waals surface area contributed by atoms with E-state index in [0.29, 0.717) is 5.02 Å². The van der Waals surface area contributed by atoms with Crippen LogP contribution in [0.1, 0.15) is 12.5 Å². The van der Waals surface area contributed by atoms with Crippen molar-refractivity contribution in [3.05, 3.63) is 41.4 Å². The summed E-state index contributed by atoms with van der Waals surface area (Å²) in [5, 5.41) is 0.638. The second-order valence-electron chi connectivity index (χ2n) is 3.33. The van der Waals surface area contributed by atoms with Crippen LogP contribution in [-0.2, 0) is 5.54 Å². The summed E-state index contributed by atoms with van der Waals surface area (Å²) >= 11 is 5.89. The van der Waals surface area contributed by atoms with Crippen molar-refractivity contribution in [3.8, 4) is 5.75 Å². The van der Waals surface area contributed by atoms with Gasteiger partial charge < -0.3 is 10.5 Å². The van der Waals surface area contributed by atoms with Crippen LogP contribution in [0.2, 0.25) is 5.02 Å². The van der Waals surface area contributed by atoms with E-state index < -0.39 is 5.54 Å². The minimum absolute atomic E-state index is 0.629. The highest BCUT2D eigenvalue weighted by atomic mass is 35.5. The summed E-state index contributed by atoms with van der Waals surface area (Å²) in [4.78, 5) is 0. The van der Waals surface area contributed by atoms with Gasteiger partial charge in [-0.15, -0.1) is 6.58 Å². The number of hydrogen-bond acceptors (Lipinski definition) is 2. The fourth-order valence-corrected chi connectivity index (χ4v) is 1.38. The van der Waals surface area contributed by atoms with E-state index in [1.165, 1.54) is 0 Å². The third kappa shape index (κ3) is 2.08. The van der Waals surface area contributed by atoms with Gasteiger partial charge in [0, 0.05) is 10.6 Å². The molecule has 0 aliphatic carbocycles. The molecular weight excluding hydrogens is 198 g/mol. The van der Waals surface area contributed by atoms with Crippen LogP contribution in [0.25, 0.3) is 0 Å². The van der Waals surface area contributed by atoms with E-state index in [1.807, 2.05) is 6.92 Å². The number of ether oxygens (including phenoxy) is 1. The molecule has 0 fully saturated rings. The second kappa shape index (κ2) is 4.03. The lowest BCUT2D eigenvalue weighted by Crippen LogP contribution is -2.30. The summed E-state index contributed by atoms with van der Waals surface area (Å²) in [6.45, 7) is 5.55. The number of methoxy groups -OCH3 is 1. The monoisotopic (exact) mass is 211 g/mol. The van der Waals surface area contributed by atoms with Gasteiger partial charge in [-0.05, 0) is 25.1 Å². The highest BCUT2D eigenvalue weighted by Gasteiger charge is 2.21. The van der Waals surface area contributed by atoms with Gasteiger partial charge in [0.2, 0.25) is 0 Å². The Bertz CT molecular complexity index is 347. The van der Waals surface area contributed by atoms with E-state index in [-0.39, 0.29) is 0 Å². The Morgan fingerprint density at radius 1 is 1.57 bits per heavy atom. The first-order chi connectivity index (χ1) is 6.51. The first-order valence-corrected chi connectivity index (χ1v) is 4.65. The molecule has 76 valence electrons. The minimum atomic E-state index is -0.629. The van der Waals surface area contributed by atoms with Crippen molar-refractivity contribution < 1.29 is 4.74 Å². The zero-order valence-corrected chi connectivity index (χ0v) is 9.14. The van der Waals surface area contributed by atoms with Gasteiger partial charge in [0.05, 0.1) is 12.6 Å². The standard InChI is InChI=1S/C11H14ClNO/c1-4-11(2,13)9-7-8(12)5-6-10(9)14-3/h4-7H,1,13H2,2-3H3/t11-/m1/s1. The van der Waals surface area contributed by atoms with E-state index >= 15 is 0 Å². The van der Waals surface area contributed by atoms with Crippen LogP contribution >= 0.6 is 11.6 Å². The number of benzene rings is 1. The van der Waals surface area contributed by atoms with Crippen molar-refractivity contribution >= 4 is 11.6 Å². The van der Waals surface area contributed by atoms with Gasteiger partial charge in [0.15, 0.2) is 0 Å². The second-order valence-corrected chi connectivity index (χ2v) is 3.77. The Morgan fingerprint density at radius 2 is 2.21 bits per heavy atom. The molecule has 0 radical (unpaired) electrons. The Hall–Kier alpha value is -0.990. The molecule has 0 amide bonds. The molecule has 3 heteroatoms. The summed E-state index contributed by atoms with van der Waals surface area (Å²) in [6.07, 6.45) is 1.67. The molecule has 0 saturated heterocycles. The highest BCUT2D eigenvalue weighted by molar-refractivity contribution is 6.30. The maximum Gasteiger partial charge on any atom is 0.124 e. The van der Waals surface area contributed by atoms with Crippen LogP contribution < -0.4 is 10.5 Å². The minimum Gasteiger partial charge on any atom is -0.496 e. The van der Waals surface area contributed by atoms with Gasteiger partial charge in [-0.1, -0.05) is 17.7 Å². The molecule has 1 aromatic carbocycles. The van der Waals surface area contributed by atoms with E-state index in [2.05, 4.69) is 6.58 Å². The fraction of sp³-hybridized carbons (Fsp3) is 0.273. The van der Waals surface area contributed by atoms with E-state index in [9.17, 15) is 0 Å². The molecular formula is C11H14ClNO. The van der Waals surface area contributed by atoms with E-state index in [0.717, 1.165) is 11.3 Å². The van der Waals surface area contributed by atoms with Crippen LogP contribution in [0.4, 0.5) is 0 Å². The number of nitrogens with two attached hydrogens (primary N) is 1. The van der Waals surface area contributed by atoms with Gasteiger partial charge in [-0.25, -0.2) is 0 Å². The summed E-state index contributed by atoms with van der Waals surface area (Å²) in [5.41, 5.74) is 6.23.